The van der Waals surface area contributed by atoms with E-state index in [1.807, 2.05) is 48.5 Å². The first-order chi connectivity index (χ1) is 22.1. The average Bonchev–Trinajstić information content (AvgIpc) is 3.07. The minimum absolute atomic E-state index is 0.0667. The second-order valence-corrected chi connectivity index (χ2v) is 12.7. The quantitative estimate of drug-likeness (QED) is 0.169. The zero-order chi connectivity index (χ0) is 30.8. The third-order valence-corrected chi connectivity index (χ3v) is 9.70. The van der Waals surface area contributed by atoms with Crippen molar-refractivity contribution in [2.75, 3.05) is 20.2 Å². The molecule has 0 radical (unpaired) electrons. The number of rotatable bonds is 9. The molecule has 1 N–H and O–H groups in total. The zero-order valence-corrected chi connectivity index (χ0v) is 26.7. The summed E-state index contributed by atoms with van der Waals surface area (Å²) in [6.45, 7) is 1.44. The molecule has 2 unspecified atom stereocenters. The van der Waals surface area contributed by atoms with Crippen molar-refractivity contribution in [2.24, 2.45) is 5.92 Å². The maximum absolute atomic E-state index is 13.4. The Morgan fingerprint density at radius 2 is 1.27 bits per heavy atom. The summed E-state index contributed by atoms with van der Waals surface area (Å²) in [7, 11) is 1.66. The van der Waals surface area contributed by atoms with E-state index in [0.717, 1.165) is 45.2 Å². The molecule has 0 aliphatic carbocycles. The van der Waals surface area contributed by atoms with Gasteiger partial charge in [-0.3, -0.25) is 4.90 Å². The number of fused-ring (bicyclic) bond motifs is 1. The van der Waals surface area contributed by atoms with E-state index in [9.17, 15) is 5.11 Å². The third-order valence-electron chi connectivity index (χ3n) is 9.21. The molecule has 224 valence electrons. The number of ether oxygens (including phenoxy) is 1. The minimum Gasteiger partial charge on any atom is -0.481 e. The van der Waals surface area contributed by atoms with Crippen LogP contribution < -0.4 is 4.74 Å². The van der Waals surface area contributed by atoms with E-state index in [0.29, 0.717) is 5.88 Å². The summed E-state index contributed by atoms with van der Waals surface area (Å²) in [4.78, 5) is 7.43. The number of benzene rings is 5. The fourth-order valence-corrected chi connectivity index (χ4v) is 7.44. The van der Waals surface area contributed by atoms with Gasteiger partial charge in [0, 0.05) is 40.3 Å². The molecule has 1 aromatic heterocycles. The lowest BCUT2D eigenvalue weighted by atomic mass is 9.64. The first kappa shape index (κ1) is 29.4. The Balaban J connectivity index is 1.37. The molecule has 1 aliphatic rings. The molecule has 2 heterocycles. The van der Waals surface area contributed by atoms with Gasteiger partial charge < -0.3 is 9.84 Å². The van der Waals surface area contributed by atoms with Crippen molar-refractivity contribution >= 4 is 26.8 Å². The van der Waals surface area contributed by atoms with Crippen molar-refractivity contribution in [2.45, 2.75) is 17.6 Å². The molecule has 0 amide bonds. The summed E-state index contributed by atoms with van der Waals surface area (Å²) in [5.41, 5.74) is 4.84. The van der Waals surface area contributed by atoms with Gasteiger partial charge in [-0.15, -0.1) is 0 Å². The second-order valence-electron chi connectivity index (χ2n) is 11.8. The van der Waals surface area contributed by atoms with Crippen LogP contribution in [0.3, 0.4) is 0 Å². The number of halogens is 1. The van der Waals surface area contributed by atoms with Gasteiger partial charge in [0.2, 0.25) is 5.88 Å². The van der Waals surface area contributed by atoms with E-state index in [2.05, 4.69) is 118 Å². The number of hydrogen-bond acceptors (Lipinski definition) is 4. The summed E-state index contributed by atoms with van der Waals surface area (Å²) < 4.78 is 6.96. The number of nitrogens with zero attached hydrogens (tertiary/aromatic N) is 2. The lowest BCUT2D eigenvalue weighted by molar-refractivity contribution is -0.111. The number of aliphatic hydroxyl groups is 1. The Labute approximate surface area is 273 Å². The van der Waals surface area contributed by atoms with Gasteiger partial charge in [-0.25, -0.2) is 4.98 Å². The lowest BCUT2D eigenvalue weighted by Crippen LogP contribution is -2.59. The van der Waals surface area contributed by atoms with Gasteiger partial charge >= 0.3 is 0 Å². The van der Waals surface area contributed by atoms with Crippen LogP contribution in [0.2, 0.25) is 0 Å². The van der Waals surface area contributed by atoms with E-state index >= 15 is 0 Å². The summed E-state index contributed by atoms with van der Waals surface area (Å²) in [6.07, 6.45) is 0. The highest BCUT2D eigenvalue weighted by atomic mass is 79.9. The van der Waals surface area contributed by atoms with E-state index < -0.39 is 11.5 Å². The van der Waals surface area contributed by atoms with E-state index in [1.54, 1.807) is 7.11 Å². The van der Waals surface area contributed by atoms with Gasteiger partial charge in [-0.05, 0) is 46.5 Å². The fourth-order valence-electron chi connectivity index (χ4n) is 7.06. The smallest absolute Gasteiger partial charge is 0.217 e. The summed E-state index contributed by atoms with van der Waals surface area (Å²) in [6, 6.07) is 50.1. The molecule has 5 aromatic carbocycles. The maximum atomic E-state index is 13.4. The predicted octanol–water partition coefficient (Wildman–Crippen LogP) is 8.75. The molecule has 7 rings (SSSR count). The van der Waals surface area contributed by atoms with Crippen LogP contribution in [-0.2, 0) is 5.60 Å². The highest BCUT2D eigenvalue weighted by Gasteiger charge is 2.53. The first-order valence-corrected chi connectivity index (χ1v) is 16.2. The normalized spacial score (nSPS) is 15.8. The fraction of sp³-hybridized carbons (Fsp3) is 0.175. The van der Waals surface area contributed by atoms with Gasteiger partial charge in [0.1, 0.15) is 5.60 Å². The summed E-state index contributed by atoms with van der Waals surface area (Å²) in [5, 5.41) is 14.4. The van der Waals surface area contributed by atoms with Crippen LogP contribution in [0.1, 0.15) is 39.8 Å². The number of likely N-dealkylation sites (tertiary alicyclic amines) is 1. The number of pyridine rings is 1. The highest BCUT2D eigenvalue weighted by molar-refractivity contribution is 9.10. The topological polar surface area (TPSA) is 45.6 Å². The summed E-state index contributed by atoms with van der Waals surface area (Å²) in [5.74, 6) is 0.0181. The van der Waals surface area contributed by atoms with Crippen molar-refractivity contribution < 1.29 is 9.84 Å². The molecule has 1 fully saturated rings. The van der Waals surface area contributed by atoms with Crippen LogP contribution in [0, 0.1) is 5.92 Å². The van der Waals surface area contributed by atoms with Crippen molar-refractivity contribution in [1.82, 2.24) is 9.88 Å². The van der Waals surface area contributed by atoms with Crippen molar-refractivity contribution in [3.8, 4) is 5.88 Å². The van der Waals surface area contributed by atoms with Crippen LogP contribution in [0.15, 0.2) is 150 Å². The zero-order valence-electron chi connectivity index (χ0n) is 25.1. The Kier molecular flexibility index (Phi) is 8.24. The van der Waals surface area contributed by atoms with Crippen LogP contribution in [0.5, 0.6) is 5.88 Å². The average molecular weight is 656 g/mol. The van der Waals surface area contributed by atoms with Gasteiger partial charge in [0.05, 0.1) is 18.7 Å². The maximum Gasteiger partial charge on any atom is 0.217 e. The standard InChI is InChI=1S/C40H35BrN2O2/c1-45-39-35(25-31-24-34(41)22-23-36(31)42-39)37(28-14-6-2-7-15-28)40(44,32-20-12-5-13-21-32)33-26-43(27-33)38(29-16-8-3-9-17-29)30-18-10-4-11-19-30/h2-25,33,37-38,44H,26-27H2,1H3. The first-order valence-electron chi connectivity index (χ1n) is 15.4. The van der Waals surface area contributed by atoms with Gasteiger partial charge in [-0.2, -0.15) is 0 Å². The van der Waals surface area contributed by atoms with Crippen molar-refractivity contribution in [1.29, 1.82) is 0 Å². The molecule has 4 nitrogen and oxygen atoms in total. The number of aromatic nitrogens is 1. The SMILES string of the molecule is COc1nc2ccc(Br)cc2cc1C(c1ccccc1)C(O)(c1ccccc1)C1CN(C(c2ccccc2)c2ccccc2)C1. The summed E-state index contributed by atoms with van der Waals surface area (Å²) >= 11 is 3.64. The largest absolute Gasteiger partial charge is 0.481 e. The van der Waals surface area contributed by atoms with E-state index in [1.165, 1.54) is 11.1 Å². The molecule has 2 atom stereocenters. The number of hydrogen-bond donors (Lipinski definition) is 1. The molecule has 1 aliphatic heterocycles. The van der Waals surface area contributed by atoms with Gasteiger partial charge in [0.15, 0.2) is 0 Å². The Hall–Kier alpha value is -4.29. The third kappa shape index (κ3) is 5.57. The molecule has 5 heteroatoms. The molecular formula is C40H35BrN2O2. The van der Waals surface area contributed by atoms with Gasteiger partial charge in [0.25, 0.3) is 0 Å². The molecule has 6 aromatic rings. The molecule has 0 bridgehead atoms. The second kappa shape index (κ2) is 12.6. The molecule has 0 saturated carbocycles. The molecular weight excluding hydrogens is 620 g/mol. The van der Waals surface area contributed by atoms with E-state index in [4.69, 9.17) is 9.72 Å². The Morgan fingerprint density at radius 3 is 1.82 bits per heavy atom. The van der Waals surface area contributed by atoms with Crippen LogP contribution in [0.25, 0.3) is 10.9 Å². The van der Waals surface area contributed by atoms with E-state index in [-0.39, 0.29) is 12.0 Å². The molecule has 45 heavy (non-hydrogen) atoms. The molecule has 1 saturated heterocycles. The number of methoxy groups -OCH3 is 1. The van der Waals surface area contributed by atoms with Crippen LogP contribution in [-0.4, -0.2) is 35.2 Å². The van der Waals surface area contributed by atoms with Crippen molar-refractivity contribution in [3.63, 3.8) is 0 Å². The van der Waals surface area contributed by atoms with Gasteiger partial charge in [-0.1, -0.05) is 137 Å². The highest BCUT2D eigenvalue weighted by Crippen LogP contribution is 2.53. The minimum atomic E-state index is -1.26. The predicted molar refractivity (Wildman–Crippen MR) is 184 cm³/mol. The monoisotopic (exact) mass is 654 g/mol. The Bertz CT molecular complexity index is 1840. The molecule has 0 spiro atoms. The van der Waals surface area contributed by atoms with Crippen LogP contribution >= 0.6 is 15.9 Å². The van der Waals surface area contributed by atoms with Crippen LogP contribution in [0.4, 0.5) is 0 Å². The Morgan fingerprint density at radius 1 is 0.733 bits per heavy atom. The van der Waals surface area contributed by atoms with Crippen molar-refractivity contribution in [3.05, 3.63) is 178 Å². The lowest BCUT2D eigenvalue weighted by Gasteiger charge is -2.54.